The lowest BCUT2D eigenvalue weighted by Crippen LogP contribution is -2.48. The molecule has 2 N–H and O–H groups in total. The summed E-state index contributed by atoms with van der Waals surface area (Å²) in [6, 6.07) is -0.00731. The summed E-state index contributed by atoms with van der Waals surface area (Å²) in [5, 5.41) is 0. The van der Waals surface area contributed by atoms with E-state index in [0.29, 0.717) is 12.5 Å². The Balaban J connectivity index is 2.51. The van der Waals surface area contributed by atoms with E-state index in [-0.39, 0.29) is 11.9 Å². The maximum absolute atomic E-state index is 12.3. The Morgan fingerprint density at radius 1 is 1.35 bits per heavy atom. The molecule has 0 bridgehead atoms. The first-order valence-corrected chi connectivity index (χ1v) is 6.83. The highest BCUT2D eigenvalue weighted by molar-refractivity contribution is 5.81. The van der Waals surface area contributed by atoms with Gasteiger partial charge in [-0.1, -0.05) is 13.8 Å². The van der Waals surface area contributed by atoms with Crippen molar-refractivity contribution in [3.63, 3.8) is 0 Å². The molecule has 0 saturated carbocycles. The standard InChI is InChI=1S/C13H27N3O/c1-4-15(10-11(2)9-14)12(3)13(17)16-7-5-6-8-16/h11-12H,4-10,14H2,1-3H3. The fraction of sp³-hybridized carbons (Fsp3) is 0.923. The Morgan fingerprint density at radius 2 is 1.94 bits per heavy atom. The number of likely N-dealkylation sites (N-methyl/N-ethyl adjacent to an activating group) is 1. The molecule has 1 aliphatic heterocycles. The highest BCUT2D eigenvalue weighted by atomic mass is 16.2. The van der Waals surface area contributed by atoms with Crippen LogP contribution in [0.1, 0.15) is 33.6 Å². The zero-order chi connectivity index (χ0) is 12.8. The van der Waals surface area contributed by atoms with Crippen molar-refractivity contribution in [3.8, 4) is 0 Å². The second-order valence-corrected chi connectivity index (χ2v) is 5.14. The van der Waals surface area contributed by atoms with E-state index in [9.17, 15) is 4.79 Å². The Bertz CT molecular complexity index is 239. The van der Waals surface area contributed by atoms with E-state index >= 15 is 0 Å². The lowest BCUT2D eigenvalue weighted by atomic mass is 10.1. The number of carbonyl (C=O) groups is 1. The van der Waals surface area contributed by atoms with Gasteiger partial charge in [0.2, 0.25) is 5.91 Å². The zero-order valence-electron chi connectivity index (χ0n) is 11.5. The number of hydrogen-bond donors (Lipinski definition) is 1. The van der Waals surface area contributed by atoms with Crippen molar-refractivity contribution < 1.29 is 4.79 Å². The number of rotatable bonds is 6. The average molecular weight is 241 g/mol. The van der Waals surface area contributed by atoms with Gasteiger partial charge in [0.25, 0.3) is 0 Å². The quantitative estimate of drug-likeness (QED) is 0.752. The number of nitrogens with zero attached hydrogens (tertiary/aromatic N) is 2. The van der Waals surface area contributed by atoms with Crippen molar-refractivity contribution in [1.29, 1.82) is 0 Å². The topological polar surface area (TPSA) is 49.6 Å². The van der Waals surface area contributed by atoms with Crippen LogP contribution in [-0.4, -0.2) is 54.5 Å². The van der Waals surface area contributed by atoms with Crippen LogP contribution in [-0.2, 0) is 4.79 Å². The molecule has 1 fully saturated rings. The minimum Gasteiger partial charge on any atom is -0.341 e. The second-order valence-electron chi connectivity index (χ2n) is 5.14. The monoisotopic (exact) mass is 241 g/mol. The normalized spacial score (nSPS) is 19.7. The third-order valence-electron chi connectivity index (χ3n) is 3.68. The van der Waals surface area contributed by atoms with E-state index in [1.165, 1.54) is 0 Å². The summed E-state index contributed by atoms with van der Waals surface area (Å²) < 4.78 is 0. The van der Waals surface area contributed by atoms with Crippen molar-refractivity contribution in [2.45, 2.75) is 39.7 Å². The van der Waals surface area contributed by atoms with Crippen molar-refractivity contribution >= 4 is 5.91 Å². The predicted octanol–water partition coefficient (Wildman–Crippen LogP) is 0.914. The minimum atomic E-state index is -0.00731. The summed E-state index contributed by atoms with van der Waals surface area (Å²) in [4.78, 5) is 16.5. The largest absolute Gasteiger partial charge is 0.341 e. The van der Waals surface area contributed by atoms with Gasteiger partial charge in [-0.3, -0.25) is 9.69 Å². The lowest BCUT2D eigenvalue weighted by Gasteiger charge is -2.31. The molecule has 0 spiro atoms. The summed E-state index contributed by atoms with van der Waals surface area (Å²) >= 11 is 0. The van der Waals surface area contributed by atoms with Gasteiger partial charge in [0.1, 0.15) is 0 Å². The van der Waals surface area contributed by atoms with Crippen LogP contribution < -0.4 is 5.73 Å². The van der Waals surface area contributed by atoms with Gasteiger partial charge in [-0.05, 0) is 38.8 Å². The smallest absolute Gasteiger partial charge is 0.239 e. The van der Waals surface area contributed by atoms with E-state index < -0.39 is 0 Å². The Morgan fingerprint density at radius 3 is 2.41 bits per heavy atom. The molecule has 2 unspecified atom stereocenters. The third kappa shape index (κ3) is 3.96. The molecule has 1 amide bonds. The predicted molar refractivity (Wildman–Crippen MR) is 70.7 cm³/mol. The Labute approximate surface area is 105 Å². The first-order chi connectivity index (χ1) is 8.10. The van der Waals surface area contributed by atoms with Crippen molar-refractivity contribution in [1.82, 2.24) is 9.80 Å². The molecular weight excluding hydrogens is 214 g/mol. The van der Waals surface area contributed by atoms with Crippen LogP contribution in [0.3, 0.4) is 0 Å². The molecule has 0 radical (unpaired) electrons. The fourth-order valence-electron chi connectivity index (χ4n) is 2.39. The molecule has 2 atom stereocenters. The first kappa shape index (κ1) is 14.5. The van der Waals surface area contributed by atoms with Crippen LogP contribution in [0, 0.1) is 5.92 Å². The maximum Gasteiger partial charge on any atom is 0.239 e. The van der Waals surface area contributed by atoms with Gasteiger partial charge >= 0.3 is 0 Å². The molecule has 1 heterocycles. The van der Waals surface area contributed by atoms with Gasteiger partial charge in [-0.25, -0.2) is 0 Å². The number of amides is 1. The minimum absolute atomic E-state index is 0.00731. The van der Waals surface area contributed by atoms with Crippen LogP contribution in [0.25, 0.3) is 0 Å². The van der Waals surface area contributed by atoms with Crippen LogP contribution >= 0.6 is 0 Å². The highest BCUT2D eigenvalue weighted by Gasteiger charge is 2.27. The van der Waals surface area contributed by atoms with Crippen LogP contribution in [0.2, 0.25) is 0 Å². The summed E-state index contributed by atoms with van der Waals surface area (Å²) in [5.74, 6) is 0.734. The zero-order valence-corrected chi connectivity index (χ0v) is 11.5. The van der Waals surface area contributed by atoms with Gasteiger partial charge < -0.3 is 10.6 Å². The van der Waals surface area contributed by atoms with Gasteiger partial charge in [0.15, 0.2) is 0 Å². The Kier molecular flexibility index (Phi) is 5.92. The molecule has 0 aliphatic carbocycles. The molecule has 4 heteroatoms. The summed E-state index contributed by atoms with van der Waals surface area (Å²) in [5.41, 5.74) is 5.65. The molecule has 0 aromatic carbocycles. The molecule has 1 aliphatic rings. The maximum atomic E-state index is 12.3. The SMILES string of the molecule is CCN(CC(C)CN)C(C)C(=O)N1CCCC1. The van der Waals surface area contributed by atoms with E-state index in [0.717, 1.165) is 39.0 Å². The summed E-state index contributed by atoms with van der Waals surface area (Å²) in [7, 11) is 0. The summed E-state index contributed by atoms with van der Waals surface area (Å²) in [6.45, 7) is 10.6. The molecule has 4 nitrogen and oxygen atoms in total. The van der Waals surface area contributed by atoms with E-state index in [4.69, 9.17) is 5.73 Å². The van der Waals surface area contributed by atoms with Crippen molar-refractivity contribution in [2.75, 3.05) is 32.7 Å². The fourth-order valence-corrected chi connectivity index (χ4v) is 2.39. The average Bonchev–Trinajstić information content (AvgIpc) is 2.87. The van der Waals surface area contributed by atoms with Crippen LogP contribution in [0.5, 0.6) is 0 Å². The molecule has 100 valence electrons. The molecule has 0 aromatic rings. The number of likely N-dealkylation sites (tertiary alicyclic amines) is 1. The van der Waals surface area contributed by atoms with Crippen LogP contribution in [0.15, 0.2) is 0 Å². The third-order valence-corrected chi connectivity index (χ3v) is 3.68. The van der Waals surface area contributed by atoms with Crippen molar-refractivity contribution in [2.24, 2.45) is 11.7 Å². The van der Waals surface area contributed by atoms with E-state index in [1.807, 2.05) is 11.8 Å². The van der Waals surface area contributed by atoms with E-state index in [1.54, 1.807) is 0 Å². The number of hydrogen-bond acceptors (Lipinski definition) is 3. The Hall–Kier alpha value is -0.610. The van der Waals surface area contributed by atoms with Gasteiger partial charge in [0.05, 0.1) is 6.04 Å². The summed E-state index contributed by atoms with van der Waals surface area (Å²) in [6.07, 6.45) is 2.31. The van der Waals surface area contributed by atoms with Crippen LogP contribution in [0.4, 0.5) is 0 Å². The molecule has 0 aromatic heterocycles. The molecule has 1 rings (SSSR count). The molecule has 17 heavy (non-hydrogen) atoms. The van der Waals surface area contributed by atoms with E-state index in [2.05, 4.69) is 18.7 Å². The first-order valence-electron chi connectivity index (χ1n) is 6.83. The second kappa shape index (κ2) is 6.97. The number of nitrogens with two attached hydrogens (primary N) is 1. The van der Waals surface area contributed by atoms with Gasteiger partial charge in [-0.2, -0.15) is 0 Å². The van der Waals surface area contributed by atoms with Gasteiger partial charge in [0, 0.05) is 19.6 Å². The molecule has 1 saturated heterocycles. The molecular formula is C13H27N3O. The highest BCUT2D eigenvalue weighted by Crippen LogP contribution is 2.13. The van der Waals surface area contributed by atoms with Crippen molar-refractivity contribution in [3.05, 3.63) is 0 Å². The lowest BCUT2D eigenvalue weighted by molar-refractivity contribution is -0.135. The van der Waals surface area contributed by atoms with Gasteiger partial charge in [-0.15, -0.1) is 0 Å². The number of carbonyl (C=O) groups excluding carboxylic acids is 1.